The third-order valence-electron chi connectivity index (χ3n) is 5.40. The van der Waals surface area contributed by atoms with Crippen LogP contribution in [0.1, 0.15) is 54.5 Å². The molecule has 6 heteroatoms. The Hall–Kier alpha value is -2.21. The van der Waals surface area contributed by atoms with Crippen LogP contribution >= 0.6 is 0 Å². The standard InChI is InChI=1S/C20H25FN4O/c21-15-9-7-14(8-10-15)12-22-19(26)13-25-11-3-6-18(25)20-23-16-4-1-2-5-17(16)24-20/h7-10,18H,1-6,11-13H2,(H,22,26)(H,23,24)/t18-/m1/s1. The predicted octanol–water partition coefficient (Wildman–Crippen LogP) is 2.88. The smallest absolute Gasteiger partial charge is 0.234 e. The maximum Gasteiger partial charge on any atom is 0.234 e. The van der Waals surface area contributed by atoms with Crippen LogP contribution in [0.25, 0.3) is 0 Å². The topological polar surface area (TPSA) is 61.0 Å². The number of nitrogens with zero attached hydrogens (tertiary/aromatic N) is 2. The number of hydrogen-bond donors (Lipinski definition) is 2. The summed E-state index contributed by atoms with van der Waals surface area (Å²) in [5.41, 5.74) is 3.41. The van der Waals surface area contributed by atoms with Gasteiger partial charge in [-0.2, -0.15) is 0 Å². The predicted molar refractivity (Wildman–Crippen MR) is 97.0 cm³/mol. The number of benzene rings is 1. The zero-order valence-electron chi connectivity index (χ0n) is 14.9. The van der Waals surface area contributed by atoms with Gasteiger partial charge in [0, 0.05) is 12.2 Å². The van der Waals surface area contributed by atoms with E-state index in [0.29, 0.717) is 13.1 Å². The second-order valence-corrected chi connectivity index (χ2v) is 7.29. The fourth-order valence-corrected chi connectivity index (χ4v) is 4.00. The maximum absolute atomic E-state index is 12.9. The van der Waals surface area contributed by atoms with Crippen LogP contribution in [0, 0.1) is 5.82 Å². The minimum atomic E-state index is -0.263. The minimum Gasteiger partial charge on any atom is -0.351 e. The molecule has 1 amide bonds. The Morgan fingerprint density at radius 3 is 2.85 bits per heavy atom. The number of nitrogens with one attached hydrogen (secondary N) is 2. The molecule has 1 atom stereocenters. The van der Waals surface area contributed by atoms with Gasteiger partial charge < -0.3 is 10.3 Å². The van der Waals surface area contributed by atoms with Crippen molar-refractivity contribution in [1.82, 2.24) is 20.2 Å². The molecule has 2 heterocycles. The molecule has 0 unspecified atom stereocenters. The first kappa shape index (κ1) is 17.2. The Balaban J connectivity index is 1.35. The molecule has 26 heavy (non-hydrogen) atoms. The van der Waals surface area contributed by atoms with E-state index in [9.17, 15) is 9.18 Å². The zero-order chi connectivity index (χ0) is 17.9. The average molecular weight is 356 g/mol. The molecule has 1 aromatic carbocycles. The van der Waals surface area contributed by atoms with E-state index >= 15 is 0 Å². The molecular formula is C20H25FN4O. The molecule has 1 saturated heterocycles. The van der Waals surface area contributed by atoms with Gasteiger partial charge in [-0.1, -0.05) is 12.1 Å². The van der Waals surface area contributed by atoms with Gasteiger partial charge in [-0.25, -0.2) is 9.37 Å². The largest absolute Gasteiger partial charge is 0.351 e. The summed E-state index contributed by atoms with van der Waals surface area (Å²) in [6.45, 7) is 1.71. The summed E-state index contributed by atoms with van der Waals surface area (Å²) in [5, 5.41) is 2.93. The lowest BCUT2D eigenvalue weighted by Gasteiger charge is -2.22. The fourth-order valence-electron chi connectivity index (χ4n) is 4.00. The van der Waals surface area contributed by atoms with Crippen LogP contribution in [0.3, 0.4) is 0 Å². The minimum absolute atomic E-state index is 0.00227. The lowest BCUT2D eigenvalue weighted by Crippen LogP contribution is -2.36. The van der Waals surface area contributed by atoms with Crippen LogP contribution in [0.15, 0.2) is 24.3 Å². The van der Waals surface area contributed by atoms with E-state index in [4.69, 9.17) is 4.98 Å². The average Bonchev–Trinajstić information content (AvgIpc) is 3.27. The van der Waals surface area contributed by atoms with Crippen molar-refractivity contribution >= 4 is 5.91 Å². The van der Waals surface area contributed by atoms with Crippen molar-refractivity contribution < 1.29 is 9.18 Å². The fraction of sp³-hybridized carbons (Fsp3) is 0.500. The Morgan fingerprint density at radius 1 is 1.23 bits per heavy atom. The lowest BCUT2D eigenvalue weighted by atomic mass is 10.0. The molecule has 2 aromatic rings. The number of halogens is 1. The van der Waals surface area contributed by atoms with Crippen molar-refractivity contribution in [3.05, 3.63) is 52.9 Å². The van der Waals surface area contributed by atoms with Crippen LogP contribution in [-0.4, -0.2) is 33.9 Å². The van der Waals surface area contributed by atoms with Gasteiger partial charge in [0.05, 0.1) is 18.3 Å². The molecule has 2 aliphatic rings. The van der Waals surface area contributed by atoms with Crippen molar-refractivity contribution in [3.63, 3.8) is 0 Å². The van der Waals surface area contributed by atoms with Crippen molar-refractivity contribution in [3.8, 4) is 0 Å². The number of amides is 1. The number of aromatic amines is 1. The highest BCUT2D eigenvalue weighted by molar-refractivity contribution is 5.78. The lowest BCUT2D eigenvalue weighted by molar-refractivity contribution is -0.122. The molecule has 0 radical (unpaired) electrons. The number of carbonyl (C=O) groups is 1. The number of imidazole rings is 1. The summed E-state index contributed by atoms with van der Waals surface area (Å²) in [6.07, 6.45) is 6.73. The van der Waals surface area contributed by atoms with Crippen LogP contribution in [0.4, 0.5) is 4.39 Å². The normalized spacial score (nSPS) is 20.1. The molecule has 0 saturated carbocycles. The molecule has 1 aliphatic heterocycles. The highest BCUT2D eigenvalue weighted by atomic mass is 19.1. The summed E-state index contributed by atoms with van der Waals surface area (Å²) in [4.78, 5) is 22.9. The Kier molecular flexibility index (Phi) is 5.02. The first-order valence-corrected chi connectivity index (χ1v) is 9.52. The van der Waals surface area contributed by atoms with Gasteiger partial charge in [0.1, 0.15) is 11.6 Å². The van der Waals surface area contributed by atoms with Crippen molar-refractivity contribution in [2.24, 2.45) is 0 Å². The maximum atomic E-state index is 12.9. The van der Waals surface area contributed by atoms with E-state index < -0.39 is 0 Å². The Morgan fingerprint density at radius 2 is 2.04 bits per heavy atom. The molecule has 0 bridgehead atoms. The highest BCUT2D eigenvalue weighted by Crippen LogP contribution is 2.31. The summed E-state index contributed by atoms with van der Waals surface area (Å²) in [7, 11) is 0. The zero-order valence-corrected chi connectivity index (χ0v) is 14.9. The summed E-state index contributed by atoms with van der Waals surface area (Å²) < 4.78 is 12.9. The second-order valence-electron chi connectivity index (χ2n) is 7.29. The Labute approximate surface area is 153 Å². The van der Waals surface area contributed by atoms with E-state index in [1.165, 1.54) is 36.4 Å². The number of fused-ring (bicyclic) bond motifs is 1. The first-order chi connectivity index (χ1) is 12.7. The van der Waals surface area contributed by atoms with Crippen LogP contribution < -0.4 is 5.32 Å². The SMILES string of the molecule is O=C(CN1CCC[C@@H]1c1nc2c([nH]1)CCCC2)NCc1ccc(F)cc1. The van der Waals surface area contributed by atoms with Crippen molar-refractivity contribution in [2.45, 2.75) is 51.1 Å². The number of aromatic nitrogens is 2. The first-order valence-electron chi connectivity index (χ1n) is 9.52. The Bertz CT molecular complexity index is 747. The van der Waals surface area contributed by atoms with Crippen molar-refractivity contribution in [1.29, 1.82) is 0 Å². The van der Waals surface area contributed by atoms with E-state index in [1.807, 2.05) is 0 Å². The van der Waals surface area contributed by atoms with Crippen molar-refractivity contribution in [2.75, 3.05) is 13.1 Å². The number of aryl methyl sites for hydroxylation is 2. The third kappa shape index (κ3) is 3.80. The molecule has 138 valence electrons. The van der Waals surface area contributed by atoms with E-state index in [1.54, 1.807) is 12.1 Å². The molecule has 4 rings (SSSR count). The molecule has 1 aromatic heterocycles. The van der Waals surface area contributed by atoms with Gasteiger partial charge in [-0.05, 0) is 62.8 Å². The van der Waals surface area contributed by atoms with E-state index in [0.717, 1.165) is 43.6 Å². The second kappa shape index (κ2) is 7.58. The molecule has 1 fully saturated rings. The van der Waals surface area contributed by atoms with E-state index in [2.05, 4.69) is 15.2 Å². The van der Waals surface area contributed by atoms with E-state index in [-0.39, 0.29) is 17.8 Å². The molecule has 5 nitrogen and oxygen atoms in total. The monoisotopic (exact) mass is 356 g/mol. The quantitative estimate of drug-likeness (QED) is 0.866. The molecular weight excluding hydrogens is 331 g/mol. The number of carbonyl (C=O) groups excluding carboxylic acids is 1. The molecule has 1 aliphatic carbocycles. The molecule has 2 N–H and O–H groups in total. The highest BCUT2D eigenvalue weighted by Gasteiger charge is 2.30. The van der Waals surface area contributed by atoms with Gasteiger partial charge >= 0.3 is 0 Å². The number of hydrogen-bond acceptors (Lipinski definition) is 3. The van der Waals surface area contributed by atoms with Crippen LogP contribution in [-0.2, 0) is 24.2 Å². The summed E-state index contributed by atoms with van der Waals surface area (Å²) >= 11 is 0. The number of likely N-dealkylation sites (tertiary alicyclic amines) is 1. The summed E-state index contributed by atoms with van der Waals surface area (Å²) in [5.74, 6) is 0.763. The number of H-pyrrole nitrogens is 1. The van der Waals surface area contributed by atoms with Gasteiger partial charge in [0.25, 0.3) is 0 Å². The molecule has 0 spiro atoms. The van der Waals surface area contributed by atoms with Crippen LogP contribution in [0.2, 0.25) is 0 Å². The number of rotatable bonds is 5. The summed E-state index contributed by atoms with van der Waals surface area (Å²) in [6, 6.07) is 6.42. The van der Waals surface area contributed by atoms with Gasteiger partial charge in [0.2, 0.25) is 5.91 Å². The van der Waals surface area contributed by atoms with Gasteiger partial charge in [0.15, 0.2) is 0 Å². The third-order valence-corrected chi connectivity index (χ3v) is 5.40. The van der Waals surface area contributed by atoms with Gasteiger partial charge in [-0.3, -0.25) is 9.69 Å². The van der Waals surface area contributed by atoms with Gasteiger partial charge in [-0.15, -0.1) is 0 Å². The van der Waals surface area contributed by atoms with Crippen LogP contribution in [0.5, 0.6) is 0 Å².